The van der Waals surface area contributed by atoms with E-state index in [-0.39, 0.29) is 34.9 Å². The molecular formula is C33H26F8N4O5. The molecule has 1 aliphatic heterocycles. The topological polar surface area (TPSA) is 137 Å². The van der Waals surface area contributed by atoms with Gasteiger partial charge in [0.15, 0.2) is 11.4 Å². The molecular weight excluding hydrogens is 684 g/mol. The van der Waals surface area contributed by atoms with E-state index in [4.69, 9.17) is 10.5 Å². The predicted octanol–water partition coefficient (Wildman–Crippen LogP) is 5.76. The molecule has 0 radical (unpaired) electrons. The van der Waals surface area contributed by atoms with Crippen LogP contribution in [0.25, 0.3) is 22.2 Å². The van der Waals surface area contributed by atoms with Crippen molar-refractivity contribution in [1.82, 2.24) is 15.3 Å². The zero-order chi connectivity index (χ0) is 36.6. The molecule has 2 amide bonds. The van der Waals surface area contributed by atoms with E-state index in [1.165, 1.54) is 19.2 Å². The van der Waals surface area contributed by atoms with Crippen LogP contribution in [-0.2, 0) is 22.0 Å². The Hall–Kier alpha value is -5.06. The van der Waals surface area contributed by atoms with Gasteiger partial charge in [0.2, 0.25) is 5.91 Å². The third-order valence-electron chi connectivity index (χ3n) is 8.97. The summed E-state index contributed by atoms with van der Waals surface area (Å²) in [5.41, 5.74) is -5.82. The maximum Gasteiger partial charge on any atom is 0.422 e. The first-order valence-electron chi connectivity index (χ1n) is 14.9. The monoisotopic (exact) mass is 710 g/mol. The van der Waals surface area contributed by atoms with E-state index in [1.807, 2.05) is 0 Å². The fourth-order valence-corrected chi connectivity index (χ4v) is 5.93. The number of aromatic nitrogens is 2. The quantitative estimate of drug-likeness (QED) is 0.188. The highest BCUT2D eigenvalue weighted by Gasteiger charge is 2.62. The van der Waals surface area contributed by atoms with Gasteiger partial charge < -0.3 is 25.6 Å². The third-order valence-corrected chi connectivity index (χ3v) is 8.97. The van der Waals surface area contributed by atoms with Crippen molar-refractivity contribution < 1.29 is 59.3 Å². The maximum atomic E-state index is 16.2. The number of benzene rings is 2. The van der Waals surface area contributed by atoms with Crippen molar-refractivity contribution in [2.24, 2.45) is 5.73 Å². The largest absolute Gasteiger partial charge is 0.489 e. The number of primary amides is 1. The number of carbonyl (C=O) groups is 2. The first kappa shape index (κ1) is 34.8. The molecule has 2 aromatic heterocycles. The molecule has 2 atom stereocenters. The molecule has 264 valence electrons. The number of amides is 2. The number of carbonyl (C=O) groups excluding carboxylic acids is 2. The number of aliphatic hydroxyl groups is 1. The van der Waals surface area contributed by atoms with Crippen LogP contribution in [0.2, 0.25) is 0 Å². The number of nitrogens with one attached hydrogen (secondary N) is 1. The van der Waals surface area contributed by atoms with Crippen LogP contribution in [0.1, 0.15) is 52.5 Å². The predicted molar refractivity (Wildman–Crippen MR) is 159 cm³/mol. The molecule has 0 unspecified atom stereocenters. The van der Waals surface area contributed by atoms with Crippen molar-refractivity contribution in [3.63, 3.8) is 0 Å². The van der Waals surface area contributed by atoms with Gasteiger partial charge in [-0.3, -0.25) is 14.6 Å². The van der Waals surface area contributed by atoms with Gasteiger partial charge in [-0.05, 0) is 68.7 Å². The summed E-state index contributed by atoms with van der Waals surface area (Å²) < 4.78 is 123. The summed E-state index contributed by atoms with van der Waals surface area (Å²) in [6.45, 7) is -1.79. The lowest BCUT2D eigenvalue weighted by atomic mass is 9.80. The van der Waals surface area contributed by atoms with Gasteiger partial charge >= 0.3 is 12.8 Å². The minimum Gasteiger partial charge on any atom is -0.489 e. The average Bonchev–Trinajstić information content (AvgIpc) is 3.69. The summed E-state index contributed by atoms with van der Waals surface area (Å²) in [6.07, 6.45) is -4.67. The Labute approximate surface area is 277 Å². The van der Waals surface area contributed by atoms with Gasteiger partial charge in [-0.15, -0.1) is 0 Å². The van der Waals surface area contributed by atoms with E-state index >= 15 is 8.78 Å². The second-order valence-electron chi connectivity index (χ2n) is 12.4. The van der Waals surface area contributed by atoms with E-state index < -0.39 is 100 Å². The number of ether oxygens (including phenoxy) is 2. The fraction of sp³-hybridized carbons (Fsp3) is 0.333. The summed E-state index contributed by atoms with van der Waals surface area (Å²) in [4.78, 5) is 34.2. The van der Waals surface area contributed by atoms with Crippen LogP contribution in [0.15, 0.2) is 42.6 Å². The van der Waals surface area contributed by atoms with E-state index in [0.29, 0.717) is 17.7 Å². The number of halogens is 8. The second kappa shape index (κ2) is 11.8. The van der Waals surface area contributed by atoms with E-state index in [2.05, 4.69) is 20.0 Å². The van der Waals surface area contributed by atoms with E-state index in [0.717, 1.165) is 12.1 Å². The number of aryl methyl sites for hydroxylation is 1. The SMILES string of the molecule is Cc1cnc2c(OC(F)F)cc(C(=O)NC[C@](O)(c3cc4c(c(-c5ccc(F)c(C(F)(F)F)c5F)n3)OC[C@]4(C)C(N)=O)C3(F)CC3)cc2c1. The third kappa shape index (κ3) is 5.72. The van der Waals surface area contributed by atoms with Crippen LogP contribution in [0.5, 0.6) is 11.5 Å². The lowest BCUT2D eigenvalue weighted by molar-refractivity contribution is -0.142. The first-order chi connectivity index (χ1) is 23.3. The molecule has 2 aromatic carbocycles. The van der Waals surface area contributed by atoms with Crippen molar-refractivity contribution in [1.29, 1.82) is 0 Å². The lowest BCUT2D eigenvalue weighted by Gasteiger charge is -2.33. The molecule has 17 heteroatoms. The summed E-state index contributed by atoms with van der Waals surface area (Å²) in [7, 11) is 0. The number of nitrogens with zero attached hydrogens (tertiary/aromatic N) is 2. The van der Waals surface area contributed by atoms with Gasteiger partial charge in [-0.1, -0.05) is 0 Å². The molecule has 1 saturated carbocycles. The molecule has 9 nitrogen and oxygen atoms in total. The van der Waals surface area contributed by atoms with Crippen molar-refractivity contribution in [2.75, 3.05) is 13.2 Å². The summed E-state index contributed by atoms with van der Waals surface area (Å²) >= 11 is 0. The molecule has 1 aliphatic carbocycles. The first-order valence-corrected chi connectivity index (χ1v) is 14.9. The molecule has 50 heavy (non-hydrogen) atoms. The minimum absolute atomic E-state index is 0.0148. The van der Waals surface area contributed by atoms with Crippen molar-refractivity contribution in [3.8, 4) is 22.8 Å². The zero-order valence-corrected chi connectivity index (χ0v) is 26.0. The highest BCUT2D eigenvalue weighted by Crippen LogP contribution is 2.55. The fourth-order valence-electron chi connectivity index (χ4n) is 5.93. The van der Waals surface area contributed by atoms with Crippen LogP contribution in [-0.4, -0.2) is 52.3 Å². The van der Waals surface area contributed by atoms with Crippen LogP contribution >= 0.6 is 0 Å². The van der Waals surface area contributed by atoms with Crippen LogP contribution in [0, 0.1) is 18.6 Å². The van der Waals surface area contributed by atoms with Crippen molar-refractivity contribution >= 4 is 22.7 Å². The zero-order valence-electron chi connectivity index (χ0n) is 26.0. The lowest BCUT2D eigenvalue weighted by Crippen LogP contribution is -2.49. The van der Waals surface area contributed by atoms with Gasteiger partial charge in [0.05, 0.1) is 12.2 Å². The van der Waals surface area contributed by atoms with Crippen LogP contribution in [0.4, 0.5) is 35.1 Å². The van der Waals surface area contributed by atoms with E-state index in [9.17, 15) is 41.0 Å². The number of hydrogen-bond donors (Lipinski definition) is 3. The maximum absolute atomic E-state index is 16.2. The van der Waals surface area contributed by atoms with Gasteiger partial charge in [-0.25, -0.2) is 18.2 Å². The Morgan fingerprint density at radius 2 is 1.84 bits per heavy atom. The number of nitrogens with two attached hydrogens (primary N) is 1. The Kier molecular flexibility index (Phi) is 8.19. The van der Waals surface area contributed by atoms with Gasteiger partial charge in [0, 0.05) is 28.3 Å². The number of pyridine rings is 2. The Balaban J connectivity index is 1.47. The molecule has 3 heterocycles. The van der Waals surface area contributed by atoms with Crippen molar-refractivity contribution in [2.45, 2.75) is 56.2 Å². The molecule has 0 saturated heterocycles. The Morgan fingerprint density at radius 1 is 1.14 bits per heavy atom. The molecule has 0 bridgehead atoms. The standard InChI is InChI=1S/C33H26F8N4O5/c1-14-7-15-8-16(9-20(50-29(36)37)24(15)43-11-14)27(46)44-12-32(48,31(38)5-6-31)21-10-18-26(49-13-30(18,2)28(42)47)25(45-21)17-3-4-19(34)22(23(17)35)33(39,40)41/h3-4,7-11,29,48H,5-6,12-13H2,1-2H3,(H2,42,47)(H,44,46)/t30-,32-/m0/s1. The van der Waals surface area contributed by atoms with Gasteiger partial charge in [0.1, 0.15) is 51.8 Å². The molecule has 1 fully saturated rings. The molecule has 4 N–H and O–H groups in total. The summed E-state index contributed by atoms with van der Waals surface area (Å²) in [6, 6.07) is 5.79. The van der Waals surface area contributed by atoms with E-state index in [1.54, 1.807) is 13.0 Å². The summed E-state index contributed by atoms with van der Waals surface area (Å²) in [5, 5.41) is 14.6. The smallest absolute Gasteiger partial charge is 0.422 e. The summed E-state index contributed by atoms with van der Waals surface area (Å²) in [5.74, 6) is -6.90. The number of alkyl halides is 6. The minimum atomic E-state index is -5.49. The molecule has 6 rings (SSSR count). The normalized spacial score (nSPS) is 19.1. The Bertz CT molecular complexity index is 2070. The number of hydrogen-bond acceptors (Lipinski definition) is 7. The molecule has 2 aliphatic rings. The van der Waals surface area contributed by atoms with Crippen molar-refractivity contribution in [3.05, 3.63) is 82.2 Å². The van der Waals surface area contributed by atoms with Gasteiger partial charge in [-0.2, -0.15) is 22.0 Å². The average molecular weight is 711 g/mol. The van der Waals surface area contributed by atoms with Crippen LogP contribution in [0.3, 0.4) is 0 Å². The number of fused-ring (bicyclic) bond motifs is 2. The highest BCUT2D eigenvalue weighted by atomic mass is 19.4. The highest BCUT2D eigenvalue weighted by molar-refractivity contribution is 6.00. The molecule has 4 aromatic rings. The number of rotatable bonds is 9. The Morgan fingerprint density at radius 3 is 2.46 bits per heavy atom. The molecule has 0 spiro atoms. The van der Waals surface area contributed by atoms with Gasteiger partial charge in [0.25, 0.3) is 5.91 Å². The second-order valence-corrected chi connectivity index (χ2v) is 12.4. The van der Waals surface area contributed by atoms with Crippen LogP contribution < -0.4 is 20.5 Å².